The Balaban J connectivity index is 2.47. The number of rotatable bonds is 5. The molecule has 0 spiro atoms. The molecule has 1 N–H and O–H groups in total. The fraction of sp³-hybridized carbons (Fsp3) is 0.600. The van der Waals surface area contributed by atoms with Crippen LogP contribution in [0.4, 0.5) is 0 Å². The minimum atomic E-state index is -0.0375. The highest BCUT2D eigenvalue weighted by Crippen LogP contribution is 2.40. The summed E-state index contributed by atoms with van der Waals surface area (Å²) in [6, 6.07) is 4.09. The lowest BCUT2D eigenvalue weighted by molar-refractivity contribution is 0.181. The van der Waals surface area contributed by atoms with Crippen molar-refractivity contribution in [1.82, 2.24) is 5.32 Å². The second-order valence-corrected chi connectivity index (χ2v) is 5.16. The van der Waals surface area contributed by atoms with E-state index in [1.165, 1.54) is 6.42 Å². The van der Waals surface area contributed by atoms with Crippen LogP contribution in [0.5, 0.6) is 11.5 Å². The molecule has 1 aliphatic heterocycles. The summed E-state index contributed by atoms with van der Waals surface area (Å²) >= 11 is 0. The number of nitrogens with one attached hydrogen (secondary N) is 1. The van der Waals surface area contributed by atoms with Crippen molar-refractivity contribution in [2.75, 3.05) is 27.9 Å². The predicted octanol–water partition coefficient (Wildman–Crippen LogP) is 2.45. The standard InChI is InChI=1S/C15H23NO3/c1-15(6-5-7-16-15)12-9-13(18-3)11(10-17-2)8-14(12)19-4/h8-9,16H,5-7,10H2,1-4H3. The molecule has 0 saturated carbocycles. The van der Waals surface area contributed by atoms with E-state index in [1.807, 2.05) is 6.07 Å². The van der Waals surface area contributed by atoms with Crippen LogP contribution in [-0.4, -0.2) is 27.9 Å². The minimum absolute atomic E-state index is 0.0375. The van der Waals surface area contributed by atoms with Gasteiger partial charge in [-0.15, -0.1) is 0 Å². The third kappa shape index (κ3) is 2.69. The van der Waals surface area contributed by atoms with Crippen molar-refractivity contribution in [1.29, 1.82) is 0 Å². The highest BCUT2D eigenvalue weighted by molar-refractivity contribution is 5.49. The van der Waals surface area contributed by atoms with Gasteiger partial charge < -0.3 is 19.5 Å². The maximum Gasteiger partial charge on any atom is 0.124 e. The van der Waals surface area contributed by atoms with Gasteiger partial charge in [-0.2, -0.15) is 0 Å². The number of ether oxygens (including phenoxy) is 3. The van der Waals surface area contributed by atoms with Crippen LogP contribution in [-0.2, 0) is 16.9 Å². The van der Waals surface area contributed by atoms with Crippen LogP contribution in [0.2, 0.25) is 0 Å². The van der Waals surface area contributed by atoms with E-state index in [0.29, 0.717) is 6.61 Å². The summed E-state index contributed by atoms with van der Waals surface area (Å²) in [5, 5.41) is 3.56. The van der Waals surface area contributed by atoms with Crippen molar-refractivity contribution in [2.24, 2.45) is 0 Å². The van der Waals surface area contributed by atoms with E-state index in [1.54, 1.807) is 21.3 Å². The Morgan fingerprint density at radius 2 is 1.89 bits per heavy atom. The summed E-state index contributed by atoms with van der Waals surface area (Å²) in [5.74, 6) is 1.75. The molecular weight excluding hydrogens is 242 g/mol. The molecule has 1 atom stereocenters. The van der Waals surface area contributed by atoms with Crippen molar-refractivity contribution in [3.8, 4) is 11.5 Å². The van der Waals surface area contributed by atoms with Crippen LogP contribution in [0.3, 0.4) is 0 Å². The fourth-order valence-corrected chi connectivity index (χ4v) is 2.78. The van der Waals surface area contributed by atoms with Gasteiger partial charge in [-0.05, 0) is 38.4 Å². The van der Waals surface area contributed by atoms with Gasteiger partial charge in [0.05, 0.1) is 20.8 Å². The Kier molecular flexibility index (Phi) is 4.32. The molecule has 4 heteroatoms. The molecule has 0 aliphatic carbocycles. The van der Waals surface area contributed by atoms with E-state index < -0.39 is 0 Å². The average Bonchev–Trinajstić information content (AvgIpc) is 2.86. The minimum Gasteiger partial charge on any atom is -0.496 e. The molecule has 106 valence electrons. The van der Waals surface area contributed by atoms with E-state index in [0.717, 1.165) is 35.6 Å². The summed E-state index contributed by atoms with van der Waals surface area (Å²) in [5.41, 5.74) is 2.13. The van der Waals surface area contributed by atoms with Crippen molar-refractivity contribution in [2.45, 2.75) is 31.9 Å². The largest absolute Gasteiger partial charge is 0.496 e. The van der Waals surface area contributed by atoms with Crippen LogP contribution in [0.25, 0.3) is 0 Å². The lowest BCUT2D eigenvalue weighted by Gasteiger charge is -2.28. The molecule has 1 fully saturated rings. The van der Waals surface area contributed by atoms with Gasteiger partial charge in [0.25, 0.3) is 0 Å². The molecule has 0 bridgehead atoms. The maximum atomic E-state index is 5.56. The van der Waals surface area contributed by atoms with Gasteiger partial charge in [0.15, 0.2) is 0 Å². The van der Waals surface area contributed by atoms with E-state index in [4.69, 9.17) is 14.2 Å². The van der Waals surface area contributed by atoms with Gasteiger partial charge in [0.2, 0.25) is 0 Å². The Bertz CT molecular complexity index is 439. The highest BCUT2D eigenvalue weighted by atomic mass is 16.5. The van der Waals surface area contributed by atoms with Gasteiger partial charge in [0.1, 0.15) is 11.5 Å². The van der Waals surface area contributed by atoms with E-state index in [-0.39, 0.29) is 5.54 Å². The normalized spacial score (nSPS) is 22.5. The molecule has 1 aromatic carbocycles. The van der Waals surface area contributed by atoms with Crippen molar-refractivity contribution < 1.29 is 14.2 Å². The van der Waals surface area contributed by atoms with Crippen molar-refractivity contribution in [3.63, 3.8) is 0 Å². The maximum absolute atomic E-state index is 5.56. The Morgan fingerprint density at radius 3 is 2.42 bits per heavy atom. The molecule has 4 nitrogen and oxygen atoms in total. The van der Waals surface area contributed by atoms with Crippen molar-refractivity contribution >= 4 is 0 Å². The Hall–Kier alpha value is -1.26. The first-order chi connectivity index (χ1) is 9.14. The SMILES string of the molecule is COCc1cc(OC)c(C2(C)CCCN2)cc1OC. The molecule has 1 aromatic rings. The lowest BCUT2D eigenvalue weighted by Crippen LogP contribution is -2.33. The molecule has 0 radical (unpaired) electrons. The molecule has 1 heterocycles. The number of hydrogen-bond donors (Lipinski definition) is 1. The summed E-state index contributed by atoms with van der Waals surface area (Å²) in [6.45, 7) is 3.78. The van der Waals surface area contributed by atoms with Crippen LogP contribution >= 0.6 is 0 Å². The quantitative estimate of drug-likeness (QED) is 0.887. The molecule has 0 aromatic heterocycles. The van der Waals surface area contributed by atoms with E-state index >= 15 is 0 Å². The van der Waals surface area contributed by atoms with Gasteiger partial charge >= 0.3 is 0 Å². The van der Waals surface area contributed by atoms with Crippen LogP contribution < -0.4 is 14.8 Å². The Labute approximate surface area is 115 Å². The number of methoxy groups -OCH3 is 3. The molecule has 0 amide bonds. The van der Waals surface area contributed by atoms with E-state index in [2.05, 4.69) is 18.3 Å². The molecule has 1 unspecified atom stereocenters. The lowest BCUT2D eigenvalue weighted by atomic mass is 9.88. The number of hydrogen-bond acceptors (Lipinski definition) is 4. The third-order valence-electron chi connectivity index (χ3n) is 3.87. The average molecular weight is 265 g/mol. The van der Waals surface area contributed by atoms with Crippen molar-refractivity contribution in [3.05, 3.63) is 23.3 Å². The second-order valence-electron chi connectivity index (χ2n) is 5.16. The highest BCUT2D eigenvalue weighted by Gasteiger charge is 2.33. The monoisotopic (exact) mass is 265 g/mol. The zero-order valence-electron chi connectivity index (χ0n) is 12.2. The smallest absolute Gasteiger partial charge is 0.124 e. The fourth-order valence-electron chi connectivity index (χ4n) is 2.78. The summed E-state index contributed by atoms with van der Waals surface area (Å²) in [7, 11) is 5.08. The summed E-state index contributed by atoms with van der Waals surface area (Å²) in [6.07, 6.45) is 2.29. The Morgan fingerprint density at radius 1 is 1.16 bits per heavy atom. The zero-order valence-corrected chi connectivity index (χ0v) is 12.2. The number of benzene rings is 1. The van der Waals surface area contributed by atoms with Gasteiger partial charge in [-0.25, -0.2) is 0 Å². The van der Waals surface area contributed by atoms with Gasteiger partial charge in [-0.1, -0.05) is 0 Å². The second kappa shape index (κ2) is 5.80. The molecule has 1 saturated heterocycles. The van der Waals surface area contributed by atoms with Crippen LogP contribution in [0.15, 0.2) is 12.1 Å². The first kappa shape index (κ1) is 14.2. The zero-order chi connectivity index (χ0) is 13.9. The first-order valence-electron chi connectivity index (χ1n) is 6.64. The molecular formula is C15H23NO3. The van der Waals surface area contributed by atoms with Gasteiger partial charge in [0, 0.05) is 23.8 Å². The molecule has 19 heavy (non-hydrogen) atoms. The van der Waals surface area contributed by atoms with E-state index in [9.17, 15) is 0 Å². The molecule has 1 aliphatic rings. The first-order valence-corrected chi connectivity index (χ1v) is 6.64. The van der Waals surface area contributed by atoms with Crippen LogP contribution in [0, 0.1) is 0 Å². The third-order valence-corrected chi connectivity index (χ3v) is 3.87. The summed E-state index contributed by atoms with van der Waals surface area (Å²) in [4.78, 5) is 0. The summed E-state index contributed by atoms with van der Waals surface area (Å²) < 4.78 is 16.2. The van der Waals surface area contributed by atoms with Gasteiger partial charge in [-0.3, -0.25) is 0 Å². The van der Waals surface area contributed by atoms with Crippen LogP contribution in [0.1, 0.15) is 30.9 Å². The topological polar surface area (TPSA) is 39.7 Å². The predicted molar refractivity (Wildman–Crippen MR) is 74.8 cm³/mol. The molecule has 2 rings (SSSR count).